The number of amides is 1. The molecule has 2 aromatic heterocycles. The lowest BCUT2D eigenvalue weighted by Gasteiger charge is -2.22. The van der Waals surface area contributed by atoms with Gasteiger partial charge in [0.1, 0.15) is 0 Å². The zero-order valence-electron chi connectivity index (χ0n) is 14.7. The van der Waals surface area contributed by atoms with Gasteiger partial charge in [-0.1, -0.05) is 29.8 Å². The van der Waals surface area contributed by atoms with Gasteiger partial charge in [0.05, 0.1) is 0 Å². The molecule has 4 rings (SSSR count). The Hall–Kier alpha value is -2.47. The predicted molar refractivity (Wildman–Crippen MR) is 101 cm³/mol. The number of hydrogen-bond acceptors (Lipinski definition) is 5. The third kappa shape index (κ3) is 4.02. The Morgan fingerprint density at radius 3 is 2.73 bits per heavy atom. The molecular weight excluding hydrogens is 346 g/mol. The minimum atomic E-state index is 0.156. The molecule has 0 spiro atoms. The summed E-state index contributed by atoms with van der Waals surface area (Å²) in [6.07, 6.45) is 3.07. The number of rotatable bonds is 7. The number of thiophene rings is 1. The summed E-state index contributed by atoms with van der Waals surface area (Å²) in [6, 6.07) is 10.7. The molecule has 1 aromatic carbocycles. The van der Waals surface area contributed by atoms with E-state index in [1.807, 2.05) is 21.7 Å². The van der Waals surface area contributed by atoms with Crippen LogP contribution in [0, 0.1) is 6.92 Å². The molecule has 1 aliphatic carbocycles. The molecule has 134 valence electrons. The van der Waals surface area contributed by atoms with Gasteiger partial charge in [-0.2, -0.15) is 11.3 Å². The van der Waals surface area contributed by atoms with E-state index in [1.165, 1.54) is 11.1 Å². The summed E-state index contributed by atoms with van der Waals surface area (Å²) in [6.45, 7) is 2.75. The van der Waals surface area contributed by atoms with Crippen LogP contribution in [0.25, 0.3) is 11.5 Å². The molecule has 0 saturated heterocycles. The molecule has 0 unspecified atom stereocenters. The molecule has 6 heteroatoms. The van der Waals surface area contributed by atoms with Crippen molar-refractivity contribution in [3.8, 4) is 11.5 Å². The average molecular weight is 367 g/mol. The Morgan fingerprint density at radius 1 is 1.23 bits per heavy atom. The van der Waals surface area contributed by atoms with E-state index in [0.717, 1.165) is 18.4 Å². The van der Waals surface area contributed by atoms with Crippen LogP contribution in [0.15, 0.2) is 45.5 Å². The Bertz CT molecular complexity index is 867. The second kappa shape index (κ2) is 7.41. The Kier molecular flexibility index (Phi) is 4.84. The number of benzene rings is 1. The molecule has 0 radical (unpaired) electrons. The minimum absolute atomic E-state index is 0.156. The largest absolute Gasteiger partial charge is 0.421 e. The summed E-state index contributed by atoms with van der Waals surface area (Å²) in [5.74, 6) is 1.20. The number of hydrogen-bond donors (Lipinski definition) is 0. The Labute approximate surface area is 156 Å². The summed E-state index contributed by atoms with van der Waals surface area (Å²) in [5.41, 5.74) is 3.34. The molecule has 3 aromatic rings. The first kappa shape index (κ1) is 17.0. The second-order valence-corrected chi connectivity index (χ2v) is 7.53. The molecule has 0 bridgehead atoms. The number of carbonyl (C=O) groups is 1. The van der Waals surface area contributed by atoms with Crippen molar-refractivity contribution in [2.45, 2.75) is 45.2 Å². The van der Waals surface area contributed by atoms with Gasteiger partial charge in [0.2, 0.25) is 17.7 Å². The van der Waals surface area contributed by atoms with Crippen molar-refractivity contribution in [3.63, 3.8) is 0 Å². The van der Waals surface area contributed by atoms with Crippen LogP contribution in [0.3, 0.4) is 0 Å². The fraction of sp³-hybridized carbons (Fsp3) is 0.350. The maximum atomic E-state index is 12.7. The highest BCUT2D eigenvalue weighted by atomic mass is 32.1. The number of nitrogens with zero attached hydrogens (tertiary/aromatic N) is 3. The van der Waals surface area contributed by atoms with Gasteiger partial charge in [-0.05, 0) is 36.8 Å². The highest BCUT2D eigenvalue weighted by Crippen LogP contribution is 2.29. The number of aryl methyl sites for hydroxylation is 2. The van der Waals surface area contributed by atoms with E-state index in [4.69, 9.17) is 4.42 Å². The minimum Gasteiger partial charge on any atom is -0.421 e. The second-order valence-electron chi connectivity index (χ2n) is 6.75. The van der Waals surface area contributed by atoms with Crippen LogP contribution in [0.5, 0.6) is 0 Å². The van der Waals surface area contributed by atoms with E-state index < -0.39 is 0 Å². The molecule has 1 amide bonds. The zero-order valence-corrected chi connectivity index (χ0v) is 15.5. The normalized spacial score (nSPS) is 13.7. The maximum absolute atomic E-state index is 12.7. The van der Waals surface area contributed by atoms with Crippen LogP contribution in [0.1, 0.15) is 36.3 Å². The first-order valence-corrected chi connectivity index (χ1v) is 9.83. The van der Waals surface area contributed by atoms with Crippen LogP contribution in [0.2, 0.25) is 0 Å². The van der Waals surface area contributed by atoms with Gasteiger partial charge in [0, 0.05) is 36.4 Å². The first-order valence-electron chi connectivity index (χ1n) is 8.89. The van der Waals surface area contributed by atoms with Crippen LogP contribution < -0.4 is 0 Å². The molecule has 0 aliphatic heterocycles. The predicted octanol–water partition coefficient (Wildman–Crippen LogP) is 4.23. The third-order valence-electron chi connectivity index (χ3n) is 4.57. The van der Waals surface area contributed by atoms with Crippen molar-refractivity contribution < 1.29 is 9.21 Å². The average Bonchev–Trinajstić information content (AvgIpc) is 3.14. The topological polar surface area (TPSA) is 59.2 Å². The summed E-state index contributed by atoms with van der Waals surface area (Å²) in [7, 11) is 0. The van der Waals surface area contributed by atoms with Gasteiger partial charge in [-0.25, -0.2) is 0 Å². The van der Waals surface area contributed by atoms with Crippen molar-refractivity contribution >= 4 is 17.2 Å². The molecule has 2 heterocycles. The quantitative estimate of drug-likeness (QED) is 0.627. The summed E-state index contributed by atoms with van der Waals surface area (Å²) >= 11 is 1.59. The standard InChI is InChI=1S/C20H21N3O2S/c1-14-2-4-15(5-3-14)12-23(17-6-7-17)19(24)9-8-18-21-22-20(25-18)16-10-11-26-13-16/h2-5,10-11,13,17H,6-9,12H2,1H3. The molecule has 0 N–H and O–H groups in total. The van der Waals surface area contributed by atoms with Crippen molar-refractivity contribution in [2.24, 2.45) is 0 Å². The van der Waals surface area contributed by atoms with Crippen LogP contribution in [-0.4, -0.2) is 27.0 Å². The molecule has 26 heavy (non-hydrogen) atoms. The van der Waals surface area contributed by atoms with Gasteiger partial charge in [0.15, 0.2) is 0 Å². The van der Waals surface area contributed by atoms with Crippen molar-refractivity contribution in [2.75, 3.05) is 0 Å². The van der Waals surface area contributed by atoms with Crippen molar-refractivity contribution in [1.29, 1.82) is 0 Å². The summed E-state index contributed by atoms with van der Waals surface area (Å²) in [4.78, 5) is 14.7. The molecule has 1 saturated carbocycles. The lowest BCUT2D eigenvalue weighted by Crippen LogP contribution is -2.32. The van der Waals surface area contributed by atoms with E-state index in [-0.39, 0.29) is 5.91 Å². The molecule has 5 nitrogen and oxygen atoms in total. The third-order valence-corrected chi connectivity index (χ3v) is 5.25. The van der Waals surface area contributed by atoms with E-state index in [0.29, 0.717) is 37.2 Å². The smallest absolute Gasteiger partial charge is 0.248 e. The molecular formula is C20H21N3O2S. The highest BCUT2D eigenvalue weighted by molar-refractivity contribution is 7.08. The van der Waals surface area contributed by atoms with Crippen molar-refractivity contribution in [3.05, 3.63) is 58.1 Å². The van der Waals surface area contributed by atoms with E-state index in [9.17, 15) is 4.79 Å². The van der Waals surface area contributed by atoms with Gasteiger partial charge in [-0.3, -0.25) is 4.79 Å². The van der Waals surface area contributed by atoms with Crippen LogP contribution in [0.4, 0.5) is 0 Å². The highest BCUT2D eigenvalue weighted by Gasteiger charge is 2.32. The molecule has 1 fully saturated rings. The van der Waals surface area contributed by atoms with Crippen LogP contribution >= 0.6 is 11.3 Å². The SMILES string of the molecule is Cc1ccc(CN(C(=O)CCc2nnc(-c3ccsc3)o2)C2CC2)cc1. The maximum Gasteiger partial charge on any atom is 0.248 e. The fourth-order valence-corrected chi connectivity index (χ4v) is 3.54. The lowest BCUT2D eigenvalue weighted by atomic mass is 10.1. The van der Waals surface area contributed by atoms with Crippen molar-refractivity contribution in [1.82, 2.24) is 15.1 Å². The monoisotopic (exact) mass is 367 g/mol. The first-order chi connectivity index (χ1) is 12.7. The van der Waals surface area contributed by atoms with Gasteiger partial charge in [-0.15, -0.1) is 10.2 Å². The Morgan fingerprint density at radius 2 is 2.04 bits per heavy atom. The summed E-state index contributed by atoms with van der Waals surface area (Å²) < 4.78 is 5.68. The van der Waals surface area contributed by atoms with E-state index in [2.05, 4.69) is 41.4 Å². The van der Waals surface area contributed by atoms with Gasteiger partial charge < -0.3 is 9.32 Å². The van der Waals surface area contributed by atoms with E-state index in [1.54, 1.807) is 11.3 Å². The Balaban J connectivity index is 1.37. The van der Waals surface area contributed by atoms with Gasteiger partial charge in [0.25, 0.3) is 0 Å². The lowest BCUT2D eigenvalue weighted by molar-refractivity contribution is -0.132. The number of carbonyl (C=O) groups excluding carboxylic acids is 1. The fourth-order valence-electron chi connectivity index (χ4n) is 2.91. The summed E-state index contributed by atoms with van der Waals surface area (Å²) in [5, 5.41) is 12.1. The number of aromatic nitrogens is 2. The molecule has 1 aliphatic rings. The van der Waals surface area contributed by atoms with Crippen LogP contribution in [-0.2, 0) is 17.8 Å². The molecule has 0 atom stereocenters. The van der Waals surface area contributed by atoms with E-state index >= 15 is 0 Å². The van der Waals surface area contributed by atoms with Gasteiger partial charge >= 0.3 is 0 Å². The zero-order chi connectivity index (χ0) is 17.9.